The zero-order chi connectivity index (χ0) is 12.7. The Kier molecular flexibility index (Phi) is 5.63. The Morgan fingerprint density at radius 1 is 1.47 bits per heavy atom. The van der Waals surface area contributed by atoms with E-state index in [-0.39, 0.29) is 17.7 Å². The van der Waals surface area contributed by atoms with E-state index in [2.05, 4.69) is 10.1 Å². The van der Waals surface area contributed by atoms with E-state index in [1.165, 1.54) is 13.2 Å². The van der Waals surface area contributed by atoms with Crippen LogP contribution >= 0.6 is 0 Å². The molecule has 4 heteroatoms. The highest BCUT2D eigenvalue weighted by molar-refractivity contribution is 5.72. The highest BCUT2D eigenvalue weighted by atomic mass is 19.1. The third-order valence-corrected chi connectivity index (χ3v) is 2.69. The lowest BCUT2D eigenvalue weighted by molar-refractivity contribution is -0.145. The number of hydrogen-bond acceptors (Lipinski definition) is 3. The highest BCUT2D eigenvalue weighted by Gasteiger charge is 2.16. The fraction of sp³-hybridized carbons (Fsp3) is 0.462. The number of benzene rings is 1. The van der Waals surface area contributed by atoms with Crippen LogP contribution in [0, 0.1) is 11.7 Å². The minimum Gasteiger partial charge on any atom is -0.469 e. The second kappa shape index (κ2) is 7.01. The van der Waals surface area contributed by atoms with Crippen molar-refractivity contribution in [2.24, 2.45) is 5.92 Å². The molecular formula is C13H18FNO2. The van der Waals surface area contributed by atoms with Gasteiger partial charge in [-0.1, -0.05) is 25.1 Å². The summed E-state index contributed by atoms with van der Waals surface area (Å²) in [6.07, 6.45) is 0.705. The minimum atomic E-state index is -0.230. The molecule has 1 unspecified atom stereocenters. The van der Waals surface area contributed by atoms with Gasteiger partial charge in [0.1, 0.15) is 5.82 Å². The van der Waals surface area contributed by atoms with Crippen LogP contribution in [0.1, 0.15) is 18.9 Å². The number of rotatable bonds is 6. The number of nitrogens with one attached hydrogen (secondary N) is 1. The Balaban J connectivity index is 2.42. The van der Waals surface area contributed by atoms with Crippen molar-refractivity contribution in [1.82, 2.24) is 5.32 Å². The fourth-order valence-corrected chi connectivity index (χ4v) is 1.58. The molecule has 1 N–H and O–H groups in total. The zero-order valence-corrected chi connectivity index (χ0v) is 10.2. The number of halogens is 1. The largest absolute Gasteiger partial charge is 0.469 e. The normalized spacial score (nSPS) is 12.2. The second-order valence-electron chi connectivity index (χ2n) is 3.85. The molecule has 0 saturated carbocycles. The highest BCUT2D eigenvalue weighted by Crippen LogP contribution is 2.07. The van der Waals surface area contributed by atoms with Crippen LogP contribution in [0.25, 0.3) is 0 Å². The van der Waals surface area contributed by atoms with Crippen molar-refractivity contribution in [3.63, 3.8) is 0 Å². The van der Waals surface area contributed by atoms with Gasteiger partial charge in [0.05, 0.1) is 13.0 Å². The summed E-state index contributed by atoms with van der Waals surface area (Å²) >= 11 is 0. The molecule has 0 radical (unpaired) electrons. The van der Waals surface area contributed by atoms with Crippen molar-refractivity contribution >= 4 is 5.97 Å². The summed E-state index contributed by atoms with van der Waals surface area (Å²) in [4.78, 5) is 11.3. The number of carbonyl (C=O) groups is 1. The molecule has 1 rings (SSSR count). The van der Waals surface area contributed by atoms with Crippen LogP contribution < -0.4 is 5.32 Å². The van der Waals surface area contributed by atoms with Crippen LogP contribution in [0.4, 0.5) is 4.39 Å². The SMILES string of the molecule is CCC(CNCc1ccccc1F)C(=O)OC. The van der Waals surface area contributed by atoms with E-state index in [1.807, 2.05) is 6.92 Å². The Labute approximate surface area is 101 Å². The molecule has 0 fully saturated rings. The number of carbonyl (C=O) groups excluding carboxylic acids is 1. The van der Waals surface area contributed by atoms with E-state index in [1.54, 1.807) is 18.2 Å². The van der Waals surface area contributed by atoms with Crippen molar-refractivity contribution in [3.05, 3.63) is 35.6 Å². The average Bonchev–Trinajstić information content (AvgIpc) is 2.36. The van der Waals surface area contributed by atoms with Gasteiger partial charge in [0.2, 0.25) is 0 Å². The van der Waals surface area contributed by atoms with E-state index in [0.717, 1.165) is 0 Å². The van der Waals surface area contributed by atoms with Gasteiger partial charge >= 0.3 is 5.97 Å². The molecule has 1 atom stereocenters. The molecule has 0 aliphatic rings. The first-order valence-corrected chi connectivity index (χ1v) is 5.71. The maximum absolute atomic E-state index is 13.3. The maximum atomic E-state index is 13.3. The molecule has 1 aromatic carbocycles. The van der Waals surface area contributed by atoms with Gasteiger partial charge in [-0.05, 0) is 12.5 Å². The third-order valence-electron chi connectivity index (χ3n) is 2.69. The summed E-state index contributed by atoms with van der Waals surface area (Å²) in [6, 6.07) is 6.59. The molecular weight excluding hydrogens is 221 g/mol. The number of ether oxygens (including phenoxy) is 1. The molecule has 0 saturated heterocycles. The molecule has 3 nitrogen and oxygen atoms in total. The first kappa shape index (κ1) is 13.6. The van der Waals surface area contributed by atoms with Crippen LogP contribution in [0.2, 0.25) is 0 Å². The van der Waals surface area contributed by atoms with Gasteiger partial charge in [-0.3, -0.25) is 4.79 Å². The minimum absolute atomic E-state index is 0.174. The molecule has 0 amide bonds. The molecule has 1 aromatic rings. The summed E-state index contributed by atoms with van der Waals surface area (Å²) in [5.41, 5.74) is 0.604. The Hall–Kier alpha value is -1.42. The smallest absolute Gasteiger partial charge is 0.309 e. The van der Waals surface area contributed by atoms with E-state index in [4.69, 9.17) is 0 Å². The van der Waals surface area contributed by atoms with Gasteiger partial charge < -0.3 is 10.1 Å². The Bertz CT molecular complexity index is 368. The topological polar surface area (TPSA) is 38.3 Å². The summed E-state index contributed by atoms with van der Waals surface area (Å²) in [5, 5.41) is 3.07. The first-order chi connectivity index (χ1) is 8.19. The molecule has 0 heterocycles. The van der Waals surface area contributed by atoms with Crippen molar-refractivity contribution in [2.45, 2.75) is 19.9 Å². The quantitative estimate of drug-likeness (QED) is 0.773. The number of esters is 1. The molecule has 94 valence electrons. The van der Waals surface area contributed by atoms with Gasteiger partial charge in [0.25, 0.3) is 0 Å². The van der Waals surface area contributed by atoms with Gasteiger partial charge in [-0.2, -0.15) is 0 Å². The van der Waals surface area contributed by atoms with Crippen LogP contribution in [0.3, 0.4) is 0 Å². The fourth-order valence-electron chi connectivity index (χ4n) is 1.58. The lowest BCUT2D eigenvalue weighted by Crippen LogP contribution is -2.28. The van der Waals surface area contributed by atoms with E-state index in [9.17, 15) is 9.18 Å². The van der Waals surface area contributed by atoms with Gasteiger partial charge in [0.15, 0.2) is 0 Å². The average molecular weight is 239 g/mol. The number of hydrogen-bond donors (Lipinski definition) is 1. The van der Waals surface area contributed by atoms with E-state index < -0.39 is 0 Å². The van der Waals surface area contributed by atoms with Crippen molar-refractivity contribution in [2.75, 3.05) is 13.7 Å². The molecule has 17 heavy (non-hydrogen) atoms. The lowest BCUT2D eigenvalue weighted by Gasteiger charge is -2.13. The summed E-state index contributed by atoms with van der Waals surface area (Å²) < 4.78 is 18.0. The predicted molar refractivity (Wildman–Crippen MR) is 63.9 cm³/mol. The number of methoxy groups -OCH3 is 1. The maximum Gasteiger partial charge on any atom is 0.309 e. The van der Waals surface area contributed by atoms with Crippen LogP contribution in [0.5, 0.6) is 0 Å². The molecule has 0 bridgehead atoms. The Morgan fingerprint density at radius 2 is 2.18 bits per heavy atom. The monoisotopic (exact) mass is 239 g/mol. The van der Waals surface area contributed by atoms with Crippen molar-refractivity contribution < 1.29 is 13.9 Å². The van der Waals surface area contributed by atoms with Crippen LogP contribution in [-0.2, 0) is 16.1 Å². The van der Waals surface area contributed by atoms with Crippen LogP contribution in [-0.4, -0.2) is 19.6 Å². The van der Waals surface area contributed by atoms with Gasteiger partial charge in [-0.25, -0.2) is 4.39 Å². The zero-order valence-electron chi connectivity index (χ0n) is 10.2. The second-order valence-corrected chi connectivity index (χ2v) is 3.85. The third kappa shape index (κ3) is 4.15. The van der Waals surface area contributed by atoms with Crippen molar-refractivity contribution in [1.29, 1.82) is 0 Å². The van der Waals surface area contributed by atoms with Crippen LogP contribution in [0.15, 0.2) is 24.3 Å². The molecule has 0 aliphatic carbocycles. The molecule has 0 aromatic heterocycles. The standard InChI is InChI=1S/C13H18FNO2/c1-3-10(13(16)17-2)8-15-9-11-6-4-5-7-12(11)14/h4-7,10,15H,3,8-9H2,1-2H3. The van der Waals surface area contributed by atoms with Gasteiger partial charge in [-0.15, -0.1) is 0 Å². The van der Waals surface area contributed by atoms with E-state index >= 15 is 0 Å². The van der Waals surface area contributed by atoms with Crippen molar-refractivity contribution in [3.8, 4) is 0 Å². The van der Waals surface area contributed by atoms with Gasteiger partial charge in [0, 0.05) is 18.7 Å². The summed E-state index contributed by atoms with van der Waals surface area (Å²) in [5.74, 6) is -0.633. The summed E-state index contributed by atoms with van der Waals surface area (Å²) in [7, 11) is 1.38. The first-order valence-electron chi connectivity index (χ1n) is 5.71. The molecule has 0 aliphatic heterocycles. The van der Waals surface area contributed by atoms with E-state index in [0.29, 0.717) is 25.1 Å². The Morgan fingerprint density at radius 3 is 2.76 bits per heavy atom. The lowest BCUT2D eigenvalue weighted by atomic mass is 10.1. The molecule has 0 spiro atoms. The predicted octanol–water partition coefficient (Wildman–Crippen LogP) is 2.11. The summed E-state index contributed by atoms with van der Waals surface area (Å²) in [6.45, 7) is 2.84.